The van der Waals surface area contributed by atoms with E-state index in [1.807, 2.05) is 18.2 Å². The van der Waals surface area contributed by atoms with Crippen LogP contribution in [0.5, 0.6) is 5.75 Å². The summed E-state index contributed by atoms with van der Waals surface area (Å²) in [4.78, 5) is 0. The van der Waals surface area contributed by atoms with Gasteiger partial charge in [-0.2, -0.15) is 0 Å². The van der Waals surface area contributed by atoms with E-state index in [1.165, 1.54) is 19.1 Å². The average Bonchev–Trinajstić information content (AvgIpc) is 2.88. The van der Waals surface area contributed by atoms with E-state index >= 15 is 0 Å². The van der Waals surface area contributed by atoms with Crippen LogP contribution in [-0.2, 0) is 4.74 Å². The Kier molecular flexibility index (Phi) is 6.03. The standard InChI is InChI=1S/C8H9NO2.C4H8O/c1-11-8-4-2-3-7(5-8)6-9-10;1-2-4-5-3-1/h2-6,10H,1H3;1-4H2. The van der Waals surface area contributed by atoms with Crippen LogP contribution in [-0.4, -0.2) is 31.7 Å². The van der Waals surface area contributed by atoms with Crippen LogP contribution in [0.4, 0.5) is 0 Å². The van der Waals surface area contributed by atoms with Gasteiger partial charge >= 0.3 is 0 Å². The lowest BCUT2D eigenvalue weighted by Crippen LogP contribution is -1.85. The second kappa shape index (κ2) is 7.70. The minimum absolute atomic E-state index is 0.752. The summed E-state index contributed by atoms with van der Waals surface area (Å²) in [6.07, 6.45) is 3.91. The summed E-state index contributed by atoms with van der Waals surface area (Å²) in [5.74, 6) is 0.752. The monoisotopic (exact) mass is 223 g/mol. The highest BCUT2D eigenvalue weighted by Crippen LogP contribution is 2.10. The molecule has 0 radical (unpaired) electrons. The van der Waals surface area contributed by atoms with Crippen molar-refractivity contribution in [2.24, 2.45) is 5.16 Å². The lowest BCUT2D eigenvalue weighted by atomic mass is 10.2. The molecule has 0 aromatic heterocycles. The van der Waals surface area contributed by atoms with Crippen molar-refractivity contribution in [1.82, 2.24) is 0 Å². The highest BCUT2D eigenvalue weighted by molar-refractivity contribution is 5.79. The highest BCUT2D eigenvalue weighted by Gasteiger charge is 1.94. The van der Waals surface area contributed by atoms with E-state index in [1.54, 1.807) is 13.2 Å². The highest BCUT2D eigenvalue weighted by atomic mass is 16.5. The van der Waals surface area contributed by atoms with Gasteiger partial charge in [0.1, 0.15) is 5.75 Å². The van der Waals surface area contributed by atoms with Gasteiger partial charge in [-0.1, -0.05) is 17.3 Å². The van der Waals surface area contributed by atoms with Crippen LogP contribution in [0.15, 0.2) is 29.4 Å². The molecule has 1 aromatic carbocycles. The maximum absolute atomic E-state index is 8.21. The van der Waals surface area contributed by atoms with Crippen molar-refractivity contribution < 1.29 is 14.7 Å². The van der Waals surface area contributed by atoms with Crippen LogP contribution in [0.2, 0.25) is 0 Å². The molecule has 2 rings (SSSR count). The lowest BCUT2D eigenvalue weighted by Gasteiger charge is -1.98. The molecule has 0 atom stereocenters. The van der Waals surface area contributed by atoms with Crippen LogP contribution in [0.1, 0.15) is 18.4 Å². The molecule has 1 aromatic rings. The fourth-order valence-electron chi connectivity index (χ4n) is 1.30. The predicted octanol–water partition coefficient (Wildman–Crippen LogP) is 2.30. The van der Waals surface area contributed by atoms with Gasteiger partial charge in [-0.3, -0.25) is 0 Å². The molecule has 1 N–H and O–H groups in total. The number of rotatable bonds is 2. The van der Waals surface area contributed by atoms with Gasteiger partial charge in [-0.15, -0.1) is 0 Å². The van der Waals surface area contributed by atoms with Crippen molar-refractivity contribution >= 4 is 6.21 Å². The molecule has 0 aliphatic carbocycles. The van der Waals surface area contributed by atoms with E-state index in [0.29, 0.717) is 0 Å². The fraction of sp³-hybridized carbons (Fsp3) is 0.417. The molecule has 0 spiro atoms. The van der Waals surface area contributed by atoms with E-state index in [4.69, 9.17) is 14.7 Å². The fourth-order valence-corrected chi connectivity index (χ4v) is 1.30. The van der Waals surface area contributed by atoms with Crippen molar-refractivity contribution in [3.05, 3.63) is 29.8 Å². The van der Waals surface area contributed by atoms with Gasteiger partial charge in [0.15, 0.2) is 0 Å². The first-order valence-electron chi connectivity index (χ1n) is 5.26. The average molecular weight is 223 g/mol. The molecular formula is C12H17NO3. The molecule has 0 amide bonds. The van der Waals surface area contributed by atoms with Gasteiger partial charge in [0.25, 0.3) is 0 Å². The van der Waals surface area contributed by atoms with Gasteiger partial charge in [0.2, 0.25) is 0 Å². The SMILES string of the molecule is C1CCOC1.COc1cccc(C=NO)c1. The Balaban J connectivity index is 0.000000212. The van der Waals surface area contributed by atoms with Crippen LogP contribution in [0, 0.1) is 0 Å². The quantitative estimate of drug-likeness (QED) is 0.475. The van der Waals surface area contributed by atoms with Crippen molar-refractivity contribution in [1.29, 1.82) is 0 Å². The second-order valence-electron chi connectivity index (χ2n) is 3.34. The van der Waals surface area contributed by atoms with Crippen LogP contribution < -0.4 is 4.74 Å². The molecule has 88 valence electrons. The van der Waals surface area contributed by atoms with Crippen molar-refractivity contribution in [2.45, 2.75) is 12.8 Å². The summed E-state index contributed by atoms with van der Waals surface area (Å²) in [6, 6.07) is 7.26. The third kappa shape index (κ3) is 4.79. The zero-order valence-electron chi connectivity index (χ0n) is 9.43. The Hall–Kier alpha value is -1.55. The first-order valence-corrected chi connectivity index (χ1v) is 5.26. The Labute approximate surface area is 95.5 Å². The molecule has 1 aliphatic heterocycles. The molecule has 1 aliphatic rings. The van der Waals surface area contributed by atoms with Crippen molar-refractivity contribution in [3.63, 3.8) is 0 Å². The lowest BCUT2D eigenvalue weighted by molar-refractivity contribution is 0.198. The van der Waals surface area contributed by atoms with Gasteiger partial charge < -0.3 is 14.7 Å². The van der Waals surface area contributed by atoms with E-state index in [9.17, 15) is 0 Å². The maximum Gasteiger partial charge on any atom is 0.119 e. The number of hydrogen-bond acceptors (Lipinski definition) is 4. The Morgan fingerprint density at radius 2 is 2.12 bits per heavy atom. The summed E-state index contributed by atoms with van der Waals surface area (Å²) in [5.41, 5.74) is 0.812. The molecule has 4 nitrogen and oxygen atoms in total. The Bertz CT molecular complexity index is 314. The summed E-state index contributed by atoms with van der Waals surface area (Å²) >= 11 is 0. The zero-order chi connectivity index (χ0) is 11.6. The van der Waals surface area contributed by atoms with E-state index in [-0.39, 0.29) is 0 Å². The third-order valence-corrected chi connectivity index (χ3v) is 2.13. The molecule has 1 heterocycles. The predicted molar refractivity (Wildman–Crippen MR) is 62.4 cm³/mol. The molecule has 4 heteroatoms. The van der Waals surface area contributed by atoms with E-state index in [0.717, 1.165) is 24.5 Å². The van der Waals surface area contributed by atoms with Gasteiger partial charge in [0.05, 0.1) is 13.3 Å². The zero-order valence-corrected chi connectivity index (χ0v) is 9.43. The Morgan fingerprint density at radius 3 is 2.62 bits per heavy atom. The second-order valence-corrected chi connectivity index (χ2v) is 3.34. The van der Waals surface area contributed by atoms with Crippen LogP contribution >= 0.6 is 0 Å². The Morgan fingerprint density at radius 1 is 1.38 bits per heavy atom. The van der Waals surface area contributed by atoms with Gasteiger partial charge in [-0.05, 0) is 30.5 Å². The first-order chi connectivity index (χ1) is 7.86. The topological polar surface area (TPSA) is 51.0 Å². The van der Waals surface area contributed by atoms with Gasteiger partial charge in [0, 0.05) is 13.2 Å². The van der Waals surface area contributed by atoms with Crippen molar-refractivity contribution in [2.75, 3.05) is 20.3 Å². The first kappa shape index (κ1) is 12.5. The smallest absolute Gasteiger partial charge is 0.119 e. The molecule has 16 heavy (non-hydrogen) atoms. The number of methoxy groups -OCH3 is 1. The molecule has 0 bridgehead atoms. The largest absolute Gasteiger partial charge is 0.497 e. The molecule has 0 unspecified atom stereocenters. The number of benzene rings is 1. The van der Waals surface area contributed by atoms with Crippen LogP contribution in [0.25, 0.3) is 0 Å². The van der Waals surface area contributed by atoms with E-state index < -0.39 is 0 Å². The van der Waals surface area contributed by atoms with Crippen LogP contribution in [0.3, 0.4) is 0 Å². The number of ether oxygens (including phenoxy) is 2. The summed E-state index contributed by atoms with van der Waals surface area (Å²) < 4.78 is 9.90. The molecule has 1 fully saturated rings. The van der Waals surface area contributed by atoms with Crippen molar-refractivity contribution in [3.8, 4) is 5.75 Å². The minimum Gasteiger partial charge on any atom is -0.497 e. The number of hydrogen-bond donors (Lipinski definition) is 1. The summed E-state index contributed by atoms with van der Waals surface area (Å²) in [5, 5.41) is 11.1. The molecule has 1 saturated heterocycles. The van der Waals surface area contributed by atoms with E-state index in [2.05, 4.69) is 5.16 Å². The molecular weight excluding hydrogens is 206 g/mol. The number of oxime groups is 1. The normalized spacial score (nSPS) is 14.6. The van der Waals surface area contributed by atoms with Gasteiger partial charge in [-0.25, -0.2) is 0 Å². The number of nitrogens with zero attached hydrogens (tertiary/aromatic N) is 1. The maximum atomic E-state index is 8.21. The molecule has 0 saturated carbocycles. The summed E-state index contributed by atoms with van der Waals surface area (Å²) in [7, 11) is 1.59. The third-order valence-electron chi connectivity index (χ3n) is 2.13. The minimum atomic E-state index is 0.752. The summed E-state index contributed by atoms with van der Waals surface area (Å²) in [6.45, 7) is 2.00.